The minimum Gasteiger partial charge on any atom is -0.458 e. The molecular formula is C28H36F2O12S. The molecule has 0 aromatic heterocycles. The quantitative estimate of drug-likeness (QED) is 0.212. The third-order valence-corrected chi connectivity index (χ3v) is 11.5. The van der Waals surface area contributed by atoms with E-state index in [0.717, 1.165) is 51.4 Å². The van der Waals surface area contributed by atoms with E-state index in [1.165, 1.54) is 6.42 Å². The topological polar surface area (TPSA) is 169 Å². The third-order valence-electron chi connectivity index (χ3n) is 10.5. The molecule has 6 aliphatic rings. The van der Waals surface area contributed by atoms with Gasteiger partial charge in [0.15, 0.2) is 18.3 Å². The van der Waals surface area contributed by atoms with Crippen molar-refractivity contribution < 1.29 is 64.6 Å². The summed E-state index contributed by atoms with van der Waals surface area (Å²) < 4.78 is 85.3. The van der Waals surface area contributed by atoms with E-state index in [2.05, 4.69) is 4.74 Å². The van der Waals surface area contributed by atoms with E-state index in [1.807, 2.05) is 0 Å². The summed E-state index contributed by atoms with van der Waals surface area (Å²) in [6.45, 7) is 0.579. The van der Waals surface area contributed by atoms with E-state index in [1.54, 1.807) is 0 Å². The fraction of sp³-hybridized carbons (Fsp3) is 0.857. The van der Waals surface area contributed by atoms with Crippen LogP contribution < -0.4 is 0 Å². The first-order valence-electron chi connectivity index (χ1n) is 15.0. The van der Waals surface area contributed by atoms with Gasteiger partial charge in [0.1, 0.15) is 29.6 Å². The maximum atomic E-state index is 13.9. The van der Waals surface area contributed by atoms with Crippen molar-refractivity contribution in [2.24, 2.45) is 29.6 Å². The lowest BCUT2D eigenvalue weighted by molar-refractivity contribution is -0.186. The molecule has 240 valence electrons. The van der Waals surface area contributed by atoms with Crippen LogP contribution in [0.3, 0.4) is 0 Å². The highest BCUT2D eigenvalue weighted by Gasteiger charge is 2.72. The number of carbonyl (C=O) groups excluding carboxylic acids is 4. The largest absolute Gasteiger partial charge is 0.458 e. The fourth-order valence-electron chi connectivity index (χ4n) is 8.54. The normalized spacial score (nSPS) is 38.0. The Morgan fingerprint density at radius 3 is 2.37 bits per heavy atom. The van der Waals surface area contributed by atoms with Crippen LogP contribution in [0.4, 0.5) is 8.78 Å². The SMILES string of the molecule is CC(OC(=O)CCC(=O)OC1C2OC(=O)C3C2OC1C3C(=O)OC1(C2CC3CCC2C3)CCCCC1)C(F)(F)S(=O)(=O)O. The molecule has 10 unspecified atom stereocenters. The summed E-state index contributed by atoms with van der Waals surface area (Å²) in [6, 6.07) is 0. The number of esters is 4. The molecular weight excluding hydrogens is 598 g/mol. The zero-order valence-corrected chi connectivity index (χ0v) is 24.5. The number of hydrogen-bond donors (Lipinski definition) is 1. The highest BCUT2D eigenvalue weighted by Crippen LogP contribution is 2.58. The van der Waals surface area contributed by atoms with Gasteiger partial charge >= 0.3 is 39.2 Å². The van der Waals surface area contributed by atoms with Crippen LogP contribution in [0.2, 0.25) is 0 Å². The van der Waals surface area contributed by atoms with Crippen molar-refractivity contribution in [3.8, 4) is 0 Å². The van der Waals surface area contributed by atoms with Crippen LogP contribution in [0.5, 0.6) is 0 Å². The number of ether oxygens (including phenoxy) is 5. The second-order valence-corrected chi connectivity index (χ2v) is 14.5. The summed E-state index contributed by atoms with van der Waals surface area (Å²) in [4.78, 5) is 51.3. The predicted octanol–water partition coefficient (Wildman–Crippen LogP) is 2.71. The number of rotatable bonds is 10. The van der Waals surface area contributed by atoms with Gasteiger partial charge in [0, 0.05) is 5.92 Å². The molecule has 3 saturated heterocycles. The standard InChI is InChI=1S/C28H36F2O12S/c1-13(28(29,30)43(35,36)37)38-17(31)7-8-18(32)39-23-22-20(19-21(40-22)24(23)41-25(19)33)26(34)42-27(9-3-2-4-10-27)16-12-14-5-6-15(16)11-14/h13-16,19-24H,2-12H2,1H3,(H,35,36,37). The second-order valence-electron chi connectivity index (χ2n) is 13.0. The second kappa shape index (κ2) is 10.9. The van der Waals surface area contributed by atoms with Crippen LogP contribution in [0, 0.1) is 29.6 Å². The lowest BCUT2D eigenvalue weighted by atomic mass is 9.69. The molecule has 3 aliphatic carbocycles. The van der Waals surface area contributed by atoms with E-state index in [-0.39, 0.29) is 5.92 Å². The number of carbonyl (C=O) groups is 4. The Morgan fingerprint density at radius 1 is 1.05 bits per heavy atom. The van der Waals surface area contributed by atoms with Crippen LogP contribution >= 0.6 is 0 Å². The van der Waals surface area contributed by atoms with E-state index in [0.29, 0.717) is 18.8 Å². The molecule has 3 heterocycles. The van der Waals surface area contributed by atoms with Gasteiger partial charge in [-0.3, -0.25) is 23.7 Å². The van der Waals surface area contributed by atoms with Gasteiger partial charge in [-0.2, -0.15) is 17.2 Å². The Balaban J connectivity index is 1.10. The zero-order valence-electron chi connectivity index (χ0n) is 23.7. The van der Waals surface area contributed by atoms with Crippen LogP contribution in [-0.2, 0) is 53.0 Å². The number of alkyl halides is 2. The summed E-state index contributed by atoms with van der Waals surface area (Å²) >= 11 is 0. The third kappa shape index (κ3) is 5.22. The van der Waals surface area contributed by atoms with Crippen molar-refractivity contribution in [2.75, 3.05) is 0 Å². The molecule has 0 amide bonds. The average Bonchev–Trinajstić information content (AvgIpc) is 3.75. The average molecular weight is 635 g/mol. The molecule has 10 atom stereocenters. The van der Waals surface area contributed by atoms with E-state index < -0.39 is 100 Å². The van der Waals surface area contributed by atoms with Crippen LogP contribution in [0.1, 0.15) is 77.6 Å². The summed E-state index contributed by atoms with van der Waals surface area (Å²) in [6.07, 6.45) is 1.30. The van der Waals surface area contributed by atoms with Crippen LogP contribution in [0.25, 0.3) is 0 Å². The molecule has 3 aliphatic heterocycles. The Hall–Kier alpha value is -2.39. The molecule has 6 rings (SSSR count). The van der Waals surface area contributed by atoms with Crippen molar-refractivity contribution in [1.29, 1.82) is 0 Å². The summed E-state index contributed by atoms with van der Waals surface area (Å²) in [7, 11) is -5.84. The Labute approximate surface area is 247 Å². The van der Waals surface area contributed by atoms with Gasteiger partial charge in [-0.15, -0.1) is 0 Å². The Bertz CT molecular complexity index is 1280. The minimum absolute atomic E-state index is 0.284. The molecule has 43 heavy (non-hydrogen) atoms. The fourth-order valence-corrected chi connectivity index (χ4v) is 9.01. The first kappa shape index (κ1) is 30.6. The molecule has 4 bridgehead atoms. The van der Waals surface area contributed by atoms with E-state index >= 15 is 0 Å². The lowest BCUT2D eigenvalue weighted by Gasteiger charge is -2.45. The minimum atomic E-state index is -5.84. The van der Waals surface area contributed by atoms with Crippen molar-refractivity contribution in [2.45, 2.75) is 119 Å². The lowest BCUT2D eigenvalue weighted by Crippen LogP contribution is -2.52. The van der Waals surface area contributed by atoms with Crippen molar-refractivity contribution >= 4 is 34.0 Å². The van der Waals surface area contributed by atoms with Crippen LogP contribution in [0.15, 0.2) is 0 Å². The van der Waals surface area contributed by atoms with Gasteiger partial charge in [-0.25, -0.2) is 0 Å². The monoisotopic (exact) mass is 634 g/mol. The molecule has 0 aromatic carbocycles. The smallest absolute Gasteiger partial charge is 0.405 e. The van der Waals surface area contributed by atoms with E-state index in [4.69, 9.17) is 23.5 Å². The predicted molar refractivity (Wildman–Crippen MR) is 138 cm³/mol. The molecule has 1 N–H and O–H groups in total. The Kier molecular flexibility index (Phi) is 7.76. The molecule has 0 radical (unpaired) electrons. The van der Waals surface area contributed by atoms with Gasteiger partial charge in [-0.1, -0.05) is 12.8 Å². The van der Waals surface area contributed by atoms with Gasteiger partial charge in [0.2, 0.25) is 0 Å². The van der Waals surface area contributed by atoms with Gasteiger partial charge in [0.05, 0.1) is 12.8 Å². The highest BCUT2D eigenvalue weighted by molar-refractivity contribution is 7.86. The number of hydrogen-bond acceptors (Lipinski definition) is 11. The maximum Gasteiger partial charge on any atom is 0.405 e. The Morgan fingerprint density at radius 2 is 1.74 bits per heavy atom. The number of halogens is 2. The maximum absolute atomic E-state index is 13.9. The first-order valence-corrected chi connectivity index (χ1v) is 16.5. The highest BCUT2D eigenvalue weighted by atomic mass is 32.2. The summed E-state index contributed by atoms with van der Waals surface area (Å²) in [5.41, 5.74) is -0.589. The number of fused-ring (bicyclic) bond motifs is 3. The van der Waals surface area contributed by atoms with Crippen molar-refractivity contribution in [3.05, 3.63) is 0 Å². The summed E-state index contributed by atoms with van der Waals surface area (Å²) in [5, 5.41) is -4.75. The first-order chi connectivity index (χ1) is 20.2. The van der Waals surface area contributed by atoms with Crippen molar-refractivity contribution in [1.82, 2.24) is 0 Å². The van der Waals surface area contributed by atoms with Crippen LogP contribution in [-0.4, -0.2) is 78.2 Å². The molecule has 0 aromatic rings. The molecule has 6 fully saturated rings. The van der Waals surface area contributed by atoms with Gasteiger partial charge < -0.3 is 23.7 Å². The van der Waals surface area contributed by atoms with Gasteiger partial charge in [-0.05, 0) is 63.7 Å². The molecule has 15 heteroatoms. The molecule has 0 spiro atoms. The van der Waals surface area contributed by atoms with E-state index in [9.17, 15) is 36.4 Å². The van der Waals surface area contributed by atoms with Crippen molar-refractivity contribution in [3.63, 3.8) is 0 Å². The summed E-state index contributed by atoms with van der Waals surface area (Å²) in [5.74, 6) is -3.92. The molecule has 12 nitrogen and oxygen atoms in total. The molecule has 3 saturated carbocycles. The zero-order chi connectivity index (χ0) is 30.9. The van der Waals surface area contributed by atoms with Gasteiger partial charge in [0.25, 0.3) is 0 Å².